The molecular weight excluding hydrogens is 164 g/mol. The Morgan fingerprint density at radius 2 is 1.23 bits per heavy atom. The molecule has 0 radical (unpaired) electrons. The Hall–Kier alpha value is -1.38. The van der Waals surface area contributed by atoms with Gasteiger partial charge in [0, 0.05) is 13.1 Å². The zero-order chi connectivity index (χ0) is 9.94. The molecule has 0 aliphatic rings. The Morgan fingerprint density at radius 1 is 0.923 bits per heavy atom. The summed E-state index contributed by atoms with van der Waals surface area (Å²) in [4.78, 5) is 9.64. The molecule has 0 atom stereocenters. The van der Waals surface area contributed by atoms with Gasteiger partial charge in [-0.3, -0.25) is 5.01 Å². The van der Waals surface area contributed by atoms with E-state index in [-0.39, 0.29) is 0 Å². The Balaban J connectivity index is 0.000000223. The second-order valence-corrected chi connectivity index (χ2v) is 2.38. The summed E-state index contributed by atoms with van der Waals surface area (Å²) in [6.45, 7) is 5.20. The van der Waals surface area contributed by atoms with Gasteiger partial charge in [0.2, 0.25) is 0 Å². The van der Waals surface area contributed by atoms with Gasteiger partial charge in [-0.2, -0.15) is 0 Å². The van der Waals surface area contributed by atoms with Crippen LogP contribution in [0, 0.1) is 4.91 Å². The minimum atomic E-state index is 0.708. The molecule has 0 N–H and O–H groups in total. The monoisotopic (exact) mass is 180 g/mol. The van der Waals surface area contributed by atoms with E-state index >= 15 is 0 Å². The molecule has 0 saturated heterocycles. The molecule has 0 aromatic heterocycles. The molecule has 1 rings (SSSR count). The second-order valence-electron chi connectivity index (χ2n) is 2.38. The van der Waals surface area contributed by atoms with Crippen LogP contribution in [0.4, 0.5) is 0 Å². The van der Waals surface area contributed by atoms with Crippen LogP contribution < -0.4 is 0 Å². The largest absolute Gasteiger partial charge is 0.261 e. The third-order valence-corrected chi connectivity index (χ3v) is 1.51. The fourth-order valence-electron chi connectivity index (χ4n) is 0.724. The summed E-state index contributed by atoms with van der Waals surface area (Å²) in [7, 11) is 0. The second kappa shape index (κ2) is 8.71. The van der Waals surface area contributed by atoms with E-state index in [4.69, 9.17) is 0 Å². The van der Waals surface area contributed by atoms with Gasteiger partial charge < -0.3 is 0 Å². The number of nitrogens with zero attached hydrogens (tertiary/aromatic N) is 2. The van der Waals surface area contributed by atoms with Gasteiger partial charge in [0.05, 0.1) is 5.29 Å². The van der Waals surface area contributed by atoms with E-state index in [1.165, 1.54) is 5.01 Å². The number of benzene rings is 1. The summed E-state index contributed by atoms with van der Waals surface area (Å²) in [5.74, 6) is 0. The highest BCUT2D eigenvalue weighted by Gasteiger charge is 1.88. The van der Waals surface area contributed by atoms with Crippen LogP contribution in [0.5, 0.6) is 0 Å². The number of nitroso groups, excluding NO2 is 1. The van der Waals surface area contributed by atoms with Gasteiger partial charge in [-0.25, -0.2) is 0 Å². The zero-order valence-corrected chi connectivity index (χ0v) is 8.18. The Morgan fingerprint density at radius 3 is 1.31 bits per heavy atom. The molecule has 0 spiro atoms. The van der Waals surface area contributed by atoms with Crippen LogP contribution >= 0.6 is 0 Å². The first-order valence-corrected chi connectivity index (χ1v) is 4.43. The maximum Gasteiger partial charge on any atom is 0.0523 e. The van der Waals surface area contributed by atoms with E-state index < -0.39 is 0 Å². The van der Waals surface area contributed by atoms with Crippen LogP contribution in [0.25, 0.3) is 0 Å². The van der Waals surface area contributed by atoms with Crippen molar-refractivity contribution in [2.24, 2.45) is 5.29 Å². The summed E-state index contributed by atoms with van der Waals surface area (Å²) in [6.07, 6.45) is 0. The minimum Gasteiger partial charge on any atom is -0.261 e. The number of hydrogen-bond donors (Lipinski definition) is 0. The summed E-state index contributed by atoms with van der Waals surface area (Å²) in [5.41, 5.74) is 0. The highest BCUT2D eigenvalue weighted by molar-refractivity contribution is 4.99. The van der Waals surface area contributed by atoms with Crippen molar-refractivity contribution < 1.29 is 0 Å². The first kappa shape index (κ1) is 11.6. The molecule has 0 bridgehead atoms. The number of hydrogen-bond acceptors (Lipinski definition) is 2. The van der Waals surface area contributed by atoms with E-state index in [0.717, 1.165) is 0 Å². The number of rotatable bonds is 3. The van der Waals surface area contributed by atoms with Crippen molar-refractivity contribution in [1.82, 2.24) is 5.01 Å². The summed E-state index contributed by atoms with van der Waals surface area (Å²) in [5, 5.41) is 4.15. The normalized spacial score (nSPS) is 8.15. The smallest absolute Gasteiger partial charge is 0.0523 e. The first-order chi connectivity index (χ1) is 6.35. The average molecular weight is 180 g/mol. The molecule has 0 amide bonds. The third kappa shape index (κ3) is 7.00. The summed E-state index contributed by atoms with van der Waals surface area (Å²) >= 11 is 0. The van der Waals surface area contributed by atoms with Crippen molar-refractivity contribution >= 4 is 0 Å². The predicted molar refractivity (Wildman–Crippen MR) is 55.2 cm³/mol. The molecule has 1 aromatic carbocycles. The molecule has 0 saturated carbocycles. The van der Waals surface area contributed by atoms with E-state index in [1.54, 1.807) is 0 Å². The van der Waals surface area contributed by atoms with Crippen LogP contribution in [0.1, 0.15) is 13.8 Å². The lowest BCUT2D eigenvalue weighted by Crippen LogP contribution is -2.14. The molecule has 3 nitrogen and oxygen atoms in total. The van der Waals surface area contributed by atoms with Crippen molar-refractivity contribution in [3.8, 4) is 0 Å². The zero-order valence-electron chi connectivity index (χ0n) is 8.18. The van der Waals surface area contributed by atoms with E-state index in [9.17, 15) is 4.91 Å². The Kier molecular flexibility index (Phi) is 7.79. The molecule has 13 heavy (non-hydrogen) atoms. The summed E-state index contributed by atoms with van der Waals surface area (Å²) < 4.78 is 0. The SMILES string of the molecule is CCN(CC)N=O.c1ccccc1. The van der Waals surface area contributed by atoms with Gasteiger partial charge in [-0.1, -0.05) is 36.4 Å². The fourth-order valence-corrected chi connectivity index (χ4v) is 0.724. The van der Waals surface area contributed by atoms with Crippen molar-refractivity contribution in [1.29, 1.82) is 0 Å². The topological polar surface area (TPSA) is 32.7 Å². The molecule has 0 fully saturated rings. The van der Waals surface area contributed by atoms with Gasteiger partial charge in [0.25, 0.3) is 0 Å². The van der Waals surface area contributed by atoms with Crippen molar-refractivity contribution in [3.05, 3.63) is 41.3 Å². The van der Waals surface area contributed by atoms with Gasteiger partial charge in [-0.05, 0) is 13.8 Å². The van der Waals surface area contributed by atoms with Crippen LogP contribution in [-0.2, 0) is 0 Å². The van der Waals surface area contributed by atoms with E-state index in [2.05, 4.69) is 5.29 Å². The molecule has 1 aromatic rings. The lowest BCUT2D eigenvalue weighted by molar-refractivity contribution is 0.317. The average Bonchev–Trinajstić information content (AvgIpc) is 2.24. The lowest BCUT2D eigenvalue weighted by atomic mass is 10.4. The molecule has 0 aliphatic heterocycles. The lowest BCUT2D eigenvalue weighted by Gasteiger charge is -2.06. The van der Waals surface area contributed by atoms with E-state index in [0.29, 0.717) is 13.1 Å². The van der Waals surface area contributed by atoms with Crippen LogP contribution in [0.2, 0.25) is 0 Å². The van der Waals surface area contributed by atoms with Crippen LogP contribution in [0.15, 0.2) is 41.7 Å². The van der Waals surface area contributed by atoms with Gasteiger partial charge in [-0.15, -0.1) is 4.91 Å². The molecule has 3 heteroatoms. The minimum absolute atomic E-state index is 0.708. The van der Waals surface area contributed by atoms with Crippen molar-refractivity contribution in [3.63, 3.8) is 0 Å². The maximum atomic E-state index is 9.64. The molecule has 0 unspecified atom stereocenters. The van der Waals surface area contributed by atoms with Crippen LogP contribution in [0.3, 0.4) is 0 Å². The fraction of sp³-hybridized carbons (Fsp3) is 0.400. The predicted octanol–water partition coefficient (Wildman–Crippen LogP) is 2.70. The molecule has 72 valence electrons. The van der Waals surface area contributed by atoms with Crippen LogP contribution in [-0.4, -0.2) is 18.1 Å². The standard InChI is InChI=1S/C6H6.C4H10N2O/c1-2-4-6-5-3-1;1-3-6(4-2)5-7/h1-6H;3-4H2,1-2H3. The summed E-state index contributed by atoms with van der Waals surface area (Å²) in [6, 6.07) is 12.0. The van der Waals surface area contributed by atoms with E-state index in [1.807, 2.05) is 50.2 Å². The first-order valence-electron chi connectivity index (χ1n) is 4.43. The maximum absolute atomic E-state index is 9.64. The highest BCUT2D eigenvalue weighted by Crippen LogP contribution is 1.82. The van der Waals surface area contributed by atoms with Crippen molar-refractivity contribution in [2.45, 2.75) is 13.8 Å². The van der Waals surface area contributed by atoms with Crippen molar-refractivity contribution in [2.75, 3.05) is 13.1 Å². The Labute approximate surface area is 79.3 Å². The molecular formula is C10H16N2O. The third-order valence-electron chi connectivity index (χ3n) is 1.51. The van der Waals surface area contributed by atoms with Gasteiger partial charge in [0.15, 0.2) is 0 Å². The highest BCUT2D eigenvalue weighted by atomic mass is 16.3. The quantitative estimate of drug-likeness (QED) is 0.529. The van der Waals surface area contributed by atoms with Gasteiger partial charge >= 0.3 is 0 Å². The molecule has 0 aliphatic carbocycles. The van der Waals surface area contributed by atoms with Gasteiger partial charge in [0.1, 0.15) is 0 Å². The molecule has 0 heterocycles. The Bertz CT molecular complexity index is 171.